The van der Waals surface area contributed by atoms with Crippen LogP contribution >= 0.6 is 11.6 Å². The molecule has 0 bridgehead atoms. The number of carbonyl (C=O) groups is 1. The molecule has 3 atom stereocenters. The number of nitrogens with one attached hydrogen (secondary N) is 1. The molecule has 1 saturated carbocycles. The fourth-order valence-electron chi connectivity index (χ4n) is 9.24. The van der Waals surface area contributed by atoms with Gasteiger partial charge in [0.2, 0.25) is 0 Å². The van der Waals surface area contributed by atoms with E-state index in [0.29, 0.717) is 62.0 Å². The summed E-state index contributed by atoms with van der Waals surface area (Å²) in [5, 5.41) is 18.8. The monoisotopic (exact) mass is 740 g/mol. The van der Waals surface area contributed by atoms with Crippen LogP contribution in [-0.2, 0) is 41.4 Å². The summed E-state index contributed by atoms with van der Waals surface area (Å²) in [6.07, 6.45) is 12.3. The molecule has 3 aliphatic carbocycles. The van der Waals surface area contributed by atoms with Gasteiger partial charge in [0, 0.05) is 47.8 Å². The molecule has 1 fully saturated rings. The molecule has 0 amide bonds. The highest BCUT2D eigenvalue weighted by Crippen LogP contribution is 2.57. The van der Waals surface area contributed by atoms with E-state index < -0.39 is 11.5 Å². The summed E-state index contributed by atoms with van der Waals surface area (Å²) < 4.78 is 20.6. The zero-order valence-corrected chi connectivity index (χ0v) is 32.0. The molecule has 282 valence electrons. The molecular weight excluding hydrogens is 688 g/mol. The van der Waals surface area contributed by atoms with Crippen molar-refractivity contribution >= 4 is 23.3 Å². The van der Waals surface area contributed by atoms with Crippen LogP contribution in [0.2, 0.25) is 5.02 Å². The molecule has 0 aliphatic heterocycles. The standard InChI is InChI=1S/C43H53ClN4O5/c1-29(27-53-39-14-19-45-38-10-4-7-30(2)40(38)39)23-32-24-31-11-12-36(52-22-6-21-51-28-35-13-20-46-48(35)3)26-37(31)42(32)15-17-43(18-16-42,41(49)50)47-34-9-5-8-33(44)25-34/h5,8-9,11-14,19-20,25-26,29-30,32,47H,4,6-7,10,15-18,21-24,27-28H2,1-3H3,(H,49,50)/t29-,30-,32+,42?,43?/m1/s1. The Morgan fingerprint density at radius 1 is 1.08 bits per heavy atom. The topological polar surface area (TPSA) is 108 Å². The van der Waals surface area contributed by atoms with Crippen molar-refractivity contribution in [3.05, 3.63) is 100 Å². The van der Waals surface area contributed by atoms with Crippen LogP contribution in [0.4, 0.5) is 5.69 Å². The molecule has 2 N–H and O–H groups in total. The molecule has 0 radical (unpaired) electrons. The number of hydrogen-bond acceptors (Lipinski definition) is 7. The second kappa shape index (κ2) is 16.1. The highest BCUT2D eigenvalue weighted by Gasteiger charge is 2.54. The first-order valence-corrected chi connectivity index (χ1v) is 19.7. The normalized spacial score (nSPS) is 24.0. The Balaban J connectivity index is 1.06. The van der Waals surface area contributed by atoms with Crippen molar-refractivity contribution in [2.75, 3.05) is 25.1 Å². The number of halogens is 1. The van der Waals surface area contributed by atoms with Crippen LogP contribution in [0.15, 0.2) is 67.0 Å². The van der Waals surface area contributed by atoms with Gasteiger partial charge < -0.3 is 24.6 Å². The number of ether oxygens (including phenoxy) is 3. The second-order valence-electron chi connectivity index (χ2n) is 15.7. The molecule has 53 heavy (non-hydrogen) atoms. The summed E-state index contributed by atoms with van der Waals surface area (Å²) in [7, 11) is 1.92. The number of aromatic nitrogens is 3. The summed E-state index contributed by atoms with van der Waals surface area (Å²) >= 11 is 6.30. The molecule has 0 saturated heterocycles. The number of aryl methyl sites for hydroxylation is 2. The Morgan fingerprint density at radius 3 is 2.70 bits per heavy atom. The zero-order chi connectivity index (χ0) is 37.0. The third-order valence-electron chi connectivity index (χ3n) is 12.1. The highest BCUT2D eigenvalue weighted by atomic mass is 35.5. The van der Waals surface area contributed by atoms with Crippen molar-refractivity contribution in [3.8, 4) is 11.5 Å². The first-order chi connectivity index (χ1) is 25.7. The van der Waals surface area contributed by atoms with E-state index in [0.717, 1.165) is 61.4 Å². The SMILES string of the molecule is C[C@@H](COc1ccnc2c1[C@H](C)CCC2)C[C@H]1Cc2ccc(OCCCOCc3ccnn3C)cc2C12CCC(Nc1cccc(Cl)c1)(C(=O)O)CC2. The fraction of sp³-hybridized carbons (Fsp3) is 0.512. The molecule has 7 rings (SSSR count). The van der Waals surface area contributed by atoms with E-state index in [1.165, 1.54) is 35.2 Å². The average Bonchev–Trinajstić information content (AvgIpc) is 3.69. The second-order valence-corrected chi connectivity index (χ2v) is 16.2. The average molecular weight is 741 g/mol. The summed E-state index contributed by atoms with van der Waals surface area (Å²) in [6, 6.07) is 17.9. The smallest absolute Gasteiger partial charge is 0.329 e. The number of benzene rings is 2. The third kappa shape index (κ3) is 8.07. The van der Waals surface area contributed by atoms with Gasteiger partial charge in [0.15, 0.2) is 0 Å². The number of nitrogens with zero attached hydrogens (tertiary/aromatic N) is 3. The van der Waals surface area contributed by atoms with Gasteiger partial charge in [-0.1, -0.05) is 37.6 Å². The Kier molecular flexibility index (Phi) is 11.3. The lowest BCUT2D eigenvalue weighted by molar-refractivity contribution is -0.144. The number of pyridine rings is 1. The maximum Gasteiger partial charge on any atom is 0.329 e. The van der Waals surface area contributed by atoms with Crippen molar-refractivity contribution in [2.45, 2.75) is 102 Å². The van der Waals surface area contributed by atoms with E-state index in [1.54, 1.807) is 18.3 Å². The quantitative estimate of drug-likeness (QED) is 0.116. The van der Waals surface area contributed by atoms with Crippen molar-refractivity contribution in [3.63, 3.8) is 0 Å². The summed E-state index contributed by atoms with van der Waals surface area (Å²) in [5.41, 5.74) is 5.68. The van der Waals surface area contributed by atoms with Gasteiger partial charge in [-0.25, -0.2) is 4.79 Å². The van der Waals surface area contributed by atoms with Crippen LogP contribution in [0.3, 0.4) is 0 Å². The van der Waals surface area contributed by atoms with Gasteiger partial charge >= 0.3 is 5.97 Å². The minimum absolute atomic E-state index is 0.158. The fourth-order valence-corrected chi connectivity index (χ4v) is 9.43. The molecule has 2 aromatic heterocycles. The van der Waals surface area contributed by atoms with Crippen molar-refractivity contribution in [1.29, 1.82) is 0 Å². The number of aliphatic carboxylic acids is 1. The number of carboxylic acid groups (broad SMARTS) is 1. The Bertz CT molecular complexity index is 1890. The number of carboxylic acids is 1. The third-order valence-corrected chi connectivity index (χ3v) is 12.4. The maximum absolute atomic E-state index is 13.0. The largest absolute Gasteiger partial charge is 0.493 e. The summed E-state index contributed by atoms with van der Waals surface area (Å²) in [5.74, 6) is 2.15. The molecule has 10 heteroatoms. The highest BCUT2D eigenvalue weighted by molar-refractivity contribution is 6.30. The van der Waals surface area contributed by atoms with Gasteiger partial charge in [-0.05, 0) is 135 Å². The molecule has 2 aromatic carbocycles. The van der Waals surface area contributed by atoms with E-state index in [2.05, 4.69) is 47.4 Å². The maximum atomic E-state index is 13.0. The van der Waals surface area contributed by atoms with E-state index in [4.69, 9.17) is 25.8 Å². The number of rotatable bonds is 15. The number of anilines is 1. The Morgan fingerprint density at radius 2 is 1.92 bits per heavy atom. The molecule has 0 unspecified atom stereocenters. The molecule has 3 aliphatic rings. The van der Waals surface area contributed by atoms with Crippen LogP contribution < -0.4 is 14.8 Å². The van der Waals surface area contributed by atoms with E-state index >= 15 is 0 Å². The number of hydrogen-bond donors (Lipinski definition) is 2. The van der Waals surface area contributed by atoms with Gasteiger partial charge in [0.25, 0.3) is 0 Å². The predicted molar refractivity (Wildman–Crippen MR) is 207 cm³/mol. The van der Waals surface area contributed by atoms with Gasteiger partial charge in [-0.15, -0.1) is 0 Å². The minimum Gasteiger partial charge on any atom is -0.493 e. The molecular formula is C43H53ClN4O5. The molecule has 4 aromatic rings. The number of fused-ring (bicyclic) bond motifs is 3. The van der Waals surface area contributed by atoms with E-state index in [1.807, 2.05) is 42.2 Å². The first-order valence-electron chi connectivity index (χ1n) is 19.3. The lowest BCUT2D eigenvalue weighted by atomic mass is 9.59. The first kappa shape index (κ1) is 37.2. The molecule has 1 spiro atoms. The van der Waals surface area contributed by atoms with Crippen LogP contribution in [0.1, 0.15) is 99.2 Å². The lowest BCUT2D eigenvalue weighted by Gasteiger charge is -2.47. The Labute approximate surface area is 318 Å². The lowest BCUT2D eigenvalue weighted by Crippen LogP contribution is -2.53. The van der Waals surface area contributed by atoms with Crippen LogP contribution in [0.25, 0.3) is 0 Å². The van der Waals surface area contributed by atoms with Crippen molar-refractivity contribution in [2.24, 2.45) is 18.9 Å². The predicted octanol–water partition coefficient (Wildman–Crippen LogP) is 8.92. The van der Waals surface area contributed by atoms with Gasteiger partial charge in [-0.3, -0.25) is 9.67 Å². The minimum atomic E-state index is -1.07. The zero-order valence-electron chi connectivity index (χ0n) is 31.3. The molecule has 2 heterocycles. The summed E-state index contributed by atoms with van der Waals surface area (Å²) in [4.78, 5) is 17.7. The molecule has 9 nitrogen and oxygen atoms in total. The van der Waals surface area contributed by atoms with Crippen molar-refractivity contribution in [1.82, 2.24) is 14.8 Å². The van der Waals surface area contributed by atoms with Gasteiger partial charge in [0.05, 0.1) is 32.1 Å². The summed E-state index contributed by atoms with van der Waals surface area (Å²) in [6.45, 7) is 6.89. The van der Waals surface area contributed by atoms with Crippen molar-refractivity contribution < 1.29 is 24.1 Å². The Hall–Kier alpha value is -4.08. The van der Waals surface area contributed by atoms with E-state index in [-0.39, 0.29) is 5.41 Å². The van der Waals surface area contributed by atoms with E-state index in [9.17, 15) is 9.90 Å². The van der Waals surface area contributed by atoms with Gasteiger partial charge in [0.1, 0.15) is 17.0 Å². The van der Waals surface area contributed by atoms with Gasteiger partial charge in [-0.2, -0.15) is 5.10 Å². The van der Waals surface area contributed by atoms with Crippen LogP contribution in [0, 0.1) is 11.8 Å². The van der Waals surface area contributed by atoms with Crippen LogP contribution in [0.5, 0.6) is 11.5 Å². The van der Waals surface area contributed by atoms with Crippen LogP contribution in [-0.4, -0.2) is 51.2 Å².